The van der Waals surface area contributed by atoms with Crippen molar-refractivity contribution in [1.82, 2.24) is 15.1 Å². The van der Waals surface area contributed by atoms with Gasteiger partial charge in [-0.05, 0) is 12.5 Å². The molecule has 0 spiro atoms. The van der Waals surface area contributed by atoms with Crippen LogP contribution in [0.1, 0.15) is 13.0 Å². The monoisotopic (exact) mass is 255 g/mol. The zero-order valence-corrected chi connectivity index (χ0v) is 10.9. The highest BCUT2D eigenvalue weighted by molar-refractivity contribution is 5.80. The highest BCUT2D eigenvalue weighted by atomic mass is 16.2. The summed E-state index contributed by atoms with van der Waals surface area (Å²) in [5, 5.41) is 7.01. The number of amides is 1. The molecule has 0 aliphatic carbocycles. The van der Waals surface area contributed by atoms with Gasteiger partial charge in [0.05, 0.1) is 6.20 Å². The lowest BCUT2D eigenvalue weighted by Gasteiger charge is -2.11. The third kappa shape index (κ3) is 3.10. The molecule has 1 unspecified atom stereocenters. The second-order valence-electron chi connectivity index (χ2n) is 4.28. The maximum Gasteiger partial charge on any atom is 0.244 e. The smallest absolute Gasteiger partial charge is 0.244 e. The summed E-state index contributed by atoms with van der Waals surface area (Å²) in [5.74, 6) is -0.0670. The standard InChI is InChI=1S/C15H17N3O/c1-3-9-16-15(19)12(2)18-11-14(10-17-18)13-7-5-4-6-8-13/h3-8,10-12H,1,9H2,2H3,(H,16,19). The molecule has 1 amide bonds. The minimum absolute atomic E-state index is 0.0670. The lowest BCUT2D eigenvalue weighted by atomic mass is 10.1. The predicted molar refractivity (Wildman–Crippen MR) is 75.6 cm³/mol. The van der Waals surface area contributed by atoms with Crippen molar-refractivity contribution in [2.24, 2.45) is 0 Å². The van der Waals surface area contributed by atoms with E-state index in [4.69, 9.17) is 0 Å². The molecule has 2 aromatic rings. The van der Waals surface area contributed by atoms with Gasteiger partial charge in [-0.25, -0.2) is 0 Å². The molecule has 0 saturated heterocycles. The summed E-state index contributed by atoms with van der Waals surface area (Å²) < 4.78 is 1.67. The summed E-state index contributed by atoms with van der Waals surface area (Å²) >= 11 is 0. The van der Waals surface area contributed by atoms with Crippen LogP contribution < -0.4 is 5.32 Å². The van der Waals surface area contributed by atoms with Crippen LogP contribution in [0.2, 0.25) is 0 Å². The van der Waals surface area contributed by atoms with Crippen LogP contribution in [0.5, 0.6) is 0 Å². The molecule has 0 fully saturated rings. The Morgan fingerprint density at radius 2 is 2.16 bits per heavy atom. The number of hydrogen-bond donors (Lipinski definition) is 1. The van der Waals surface area contributed by atoms with Gasteiger partial charge < -0.3 is 5.32 Å². The van der Waals surface area contributed by atoms with Crippen molar-refractivity contribution < 1.29 is 4.79 Å². The van der Waals surface area contributed by atoms with E-state index in [2.05, 4.69) is 17.0 Å². The largest absolute Gasteiger partial charge is 0.351 e. The Labute approximate surface area is 112 Å². The average Bonchev–Trinajstić information content (AvgIpc) is 2.94. The third-order valence-corrected chi connectivity index (χ3v) is 2.91. The van der Waals surface area contributed by atoms with E-state index in [1.165, 1.54) is 0 Å². The van der Waals surface area contributed by atoms with E-state index in [0.29, 0.717) is 6.54 Å². The molecule has 1 aromatic heterocycles. The number of rotatable bonds is 5. The summed E-state index contributed by atoms with van der Waals surface area (Å²) in [5.41, 5.74) is 2.09. The topological polar surface area (TPSA) is 46.9 Å². The highest BCUT2D eigenvalue weighted by Gasteiger charge is 2.15. The van der Waals surface area contributed by atoms with Gasteiger partial charge in [-0.15, -0.1) is 6.58 Å². The Morgan fingerprint density at radius 1 is 1.42 bits per heavy atom. The zero-order valence-electron chi connectivity index (χ0n) is 10.9. The number of hydrogen-bond acceptors (Lipinski definition) is 2. The van der Waals surface area contributed by atoms with E-state index in [-0.39, 0.29) is 11.9 Å². The molecular formula is C15H17N3O. The fourth-order valence-electron chi connectivity index (χ4n) is 1.77. The van der Waals surface area contributed by atoms with Crippen LogP contribution >= 0.6 is 0 Å². The van der Waals surface area contributed by atoms with Crippen LogP contribution in [0.3, 0.4) is 0 Å². The molecule has 1 N–H and O–H groups in total. The third-order valence-electron chi connectivity index (χ3n) is 2.91. The first-order valence-corrected chi connectivity index (χ1v) is 6.20. The van der Waals surface area contributed by atoms with Crippen molar-refractivity contribution in [3.63, 3.8) is 0 Å². The van der Waals surface area contributed by atoms with Gasteiger partial charge in [-0.3, -0.25) is 9.48 Å². The van der Waals surface area contributed by atoms with Gasteiger partial charge in [0.2, 0.25) is 5.91 Å². The maximum absolute atomic E-state index is 11.8. The Bertz CT molecular complexity index is 560. The zero-order chi connectivity index (χ0) is 13.7. The van der Waals surface area contributed by atoms with E-state index < -0.39 is 0 Å². The SMILES string of the molecule is C=CCNC(=O)C(C)n1cc(-c2ccccc2)cn1. The molecule has 4 nitrogen and oxygen atoms in total. The number of carbonyl (C=O) groups excluding carboxylic acids is 1. The second-order valence-corrected chi connectivity index (χ2v) is 4.28. The second kappa shape index (κ2) is 6.00. The summed E-state index contributed by atoms with van der Waals surface area (Å²) in [6, 6.07) is 9.63. The summed E-state index contributed by atoms with van der Waals surface area (Å²) in [6.45, 7) is 5.86. The Kier molecular flexibility index (Phi) is 4.13. The molecule has 0 saturated carbocycles. The first-order valence-electron chi connectivity index (χ1n) is 6.20. The van der Waals surface area contributed by atoms with Crippen LogP contribution in [0.25, 0.3) is 11.1 Å². The molecular weight excluding hydrogens is 238 g/mol. The molecule has 4 heteroatoms. The number of carbonyl (C=O) groups is 1. The molecule has 2 rings (SSSR count). The van der Waals surface area contributed by atoms with E-state index in [1.807, 2.05) is 43.5 Å². The van der Waals surface area contributed by atoms with Crippen molar-refractivity contribution >= 4 is 5.91 Å². The van der Waals surface area contributed by atoms with Gasteiger partial charge in [-0.1, -0.05) is 36.4 Å². The fourth-order valence-corrected chi connectivity index (χ4v) is 1.77. The molecule has 0 aliphatic rings. The minimum atomic E-state index is -0.336. The predicted octanol–water partition coefficient (Wildman–Crippen LogP) is 2.41. The van der Waals surface area contributed by atoms with E-state index in [1.54, 1.807) is 17.0 Å². The van der Waals surface area contributed by atoms with Crippen LogP contribution in [0, 0.1) is 0 Å². The Morgan fingerprint density at radius 3 is 2.84 bits per heavy atom. The maximum atomic E-state index is 11.8. The van der Waals surface area contributed by atoms with Crippen LogP contribution in [-0.2, 0) is 4.79 Å². The normalized spacial score (nSPS) is 11.8. The fraction of sp³-hybridized carbons (Fsp3) is 0.200. The molecule has 0 aliphatic heterocycles. The lowest BCUT2D eigenvalue weighted by molar-refractivity contribution is -0.123. The Balaban J connectivity index is 2.13. The molecule has 0 bridgehead atoms. The number of nitrogens with one attached hydrogen (secondary N) is 1. The molecule has 1 aromatic carbocycles. The number of benzene rings is 1. The van der Waals surface area contributed by atoms with E-state index in [0.717, 1.165) is 11.1 Å². The average molecular weight is 255 g/mol. The summed E-state index contributed by atoms with van der Waals surface area (Å²) in [4.78, 5) is 11.8. The highest BCUT2D eigenvalue weighted by Crippen LogP contribution is 2.19. The summed E-state index contributed by atoms with van der Waals surface area (Å²) in [7, 11) is 0. The van der Waals surface area contributed by atoms with Crippen LogP contribution in [0.4, 0.5) is 0 Å². The van der Waals surface area contributed by atoms with Crippen molar-refractivity contribution in [2.75, 3.05) is 6.54 Å². The molecule has 1 atom stereocenters. The van der Waals surface area contributed by atoms with Crippen molar-refractivity contribution in [3.05, 3.63) is 55.4 Å². The van der Waals surface area contributed by atoms with Gasteiger partial charge in [0.1, 0.15) is 6.04 Å². The van der Waals surface area contributed by atoms with E-state index in [9.17, 15) is 4.79 Å². The van der Waals surface area contributed by atoms with Crippen LogP contribution in [0.15, 0.2) is 55.4 Å². The van der Waals surface area contributed by atoms with Gasteiger partial charge in [-0.2, -0.15) is 5.10 Å². The van der Waals surface area contributed by atoms with Crippen molar-refractivity contribution in [3.8, 4) is 11.1 Å². The van der Waals surface area contributed by atoms with Crippen LogP contribution in [-0.4, -0.2) is 22.2 Å². The van der Waals surface area contributed by atoms with Crippen molar-refractivity contribution in [1.29, 1.82) is 0 Å². The minimum Gasteiger partial charge on any atom is -0.351 e. The number of aromatic nitrogens is 2. The van der Waals surface area contributed by atoms with Crippen molar-refractivity contribution in [2.45, 2.75) is 13.0 Å². The van der Waals surface area contributed by atoms with Gasteiger partial charge in [0.25, 0.3) is 0 Å². The first-order chi connectivity index (χ1) is 9.22. The number of nitrogens with zero attached hydrogens (tertiary/aromatic N) is 2. The van der Waals surface area contributed by atoms with E-state index >= 15 is 0 Å². The first kappa shape index (κ1) is 13.1. The quantitative estimate of drug-likeness (QED) is 0.834. The molecule has 19 heavy (non-hydrogen) atoms. The molecule has 0 radical (unpaired) electrons. The molecule has 98 valence electrons. The lowest BCUT2D eigenvalue weighted by Crippen LogP contribution is -2.31. The van der Waals surface area contributed by atoms with Gasteiger partial charge >= 0.3 is 0 Å². The Hall–Kier alpha value is -2.36. The van der Waals surface area contributed by atoms with Gasteiger partial charge in [0, 0.05) is 18.3 Å². The molecule has 1 heterocycles. The van der Waals surface area contributed by atoms with Gasteiger partial charge in [0.15, 0.2) is 0 Å². The summed E-state index contributed by atoms with van der Waals surface area (Å²) in [6.07, 6.45) is 5.31.